The Morgan fingerprint density at radius 2 is 1.83 bits per heavy atom. The molecule has 1 aromatic rings. The summed E-state index contributed by atoms with van der Waals surface area (Å²) in [5, 5.41) is 5.40. The van der Waals surface area contributed by atoms with Crippen LogP contribution in [0.3, 0.4) is 0 Å². The molecule has 7 nitrogen and oxygen atoms in total. The first kappa shape index (κ1) is 22.3. The van der Waals surface area contributed by atoms with Crippen molar-refractivity contribution in [3.63, 3.8) is 0 Å². The third-order valence-electron chi connectivity index (χ3n) is 7.60. The Morgan fingerprint density at radius 1 is 1.17 bits per heavy atom. The molecule has 2 saturated heterocycles. The van der Waals surface area contributed by atoms with Crippen LogP contribution < -0.4 is 10.6 Å². The van der Waals surface area contributed by atoms with Crippen molar-refractivity contribution < 1.29 is 19.1 Å². The quantitative estimate of drug-likeness (QED) is 0.551. The number of ether oxygens (including phenoxy) is 1. The van der Waals surface area contributed by atoms with Gasteiger partial charge in [0, 0.05) is 23.5 Å². The van der Waals surface area contributed by atoms with E-state index in [1.165, 1.54) is 0 Å². The van der Waals surface area contributed by atoms with Gasteiger partial charge in [-0.15, -0.1) is 0 Å². The second-order valence-corrected chi connectivity index (χ2v) is 8.99. The number of nitrogens with zero attached hydrogens (tertiary/aromatic N) is 1. The van der Waals surface area contributed by atoms with E-state index in [1.54, 1.807) is 12.1 Å². The number of esters is 1. The molecule has 3 amide bonds. The van der Waals surface area contributed by atoms with Crippen molar-refractivity contribution in [2.45, 2.75) is 70.5 Å². The van der Waals surface area contributed by atoms with Gasteiger partial charge in [-0.2, -0.15) is 0 Å². The molecule has 164 valence electrons. The van der Waals surface area contributed by atoms with Crippen molar-refractivity contribution in [1.29, 1.82) is 0 Å². The van der Waals surface area contributed by atoms with Gasteiger partial charge in [-0.05, 0) is 45.2 Å². The predicted octanol–water partition coefficient (Wildman–Crippen LogP) is 3.10. The third kappa shape index (κ3) is 3.49. The molecule has 0 aromatic heterocycles. The Kier molecular flexibility index (Phi) is 5.96. The second kappa shape index (κ2) is 8.02. The molecule has 2 fully saturated rings. The molecule has 0 saturated carbocycles. The van der Waals surface area contributed by atoms with Crippen molar-refractivity contribution in [2.24, 2.45) is 5.92 Å². The Morgan fingerprint density at radius 3 is 2.37 bits per heavy atom. The molecular weight excluding hydrogens is 382 g/mol. The van der Waals surface area contributed by atoms with E-state index in [1.807, 2.05) is 25.1 Å². The highest BCUT2D eigenvalue weighted by molar-refractivity contribution is 6.07. The summed E-state index contributed by atoms with van der Waals surface area (Å²) in [7, 11) is 0. The number of nitrogens with one attached hydrogen (secondary N) is 2. The van der Waals surface area contributed by atoms with E-state index >= 15 is 0 Å². The number of benzene rings is 1. The first-order valence-electron chi connectivity index (χ1n) is 10.8. The minimum Gasteiger partial charge on any atom is -0.461 e. The standard InChI is InChI=1S/C23H33N3O4/c1-6-21(4)15-23(19(28)24-20(29)25-23)16(3)22(5,7-2)26(21)13-14-30-18(27)17-11-9-8-10-12-17/h8-12,16H,6-7,13-15H2,1-5H3,(H2,24,25,28,29). The fraction of sp³-hybridized carbons (Fsp3) is 0.609. The van der Waals surface area contributed by atoms with E-state index in [0.717, 1.165) is 12.8 Å². The molecule has 2 aliphatic rings. The molecule has 2 heterocycles. The summed E-state index contributed by atoms with van der Waals surface area (Å²) in [6.07, 6.45) is 2.10. The van der Waals surface area contributed by atoms with Gasteiger partial charge < -0.3 is 10.1 Å². The number of rotatable bonds is 6. The van der Waals surface area contributed by atoms with Crippen LogP contribution in [-0.4, -0.2) is 52.6 Å². The van der Waals surface area contributed by atoms with Gasteiger partial charge in [-0.1, -0.05) is 39.0 Å². The number of carbonyl (C=O) groups is 3. The fourth-order valence-corrected chi connectivity index (χ4v) is 5.39. The zero-order valence-electron chi connectivity index (χ0n) is 18.6. The first-order valence-corrected chi connectivity index (χ1v) is 10.8. The van der Waals surface area contributed by atoms with E-state index in [4.69, 9.17) is 4.74 Å². The van der Waals surface area contributed by atoms with Crippen LogP contribution in [0.4, 0.5) is 4.79 Å². The van der Waals surface area contributed by atoms with Crippen LogP contribution in [0.1, 0.15) is 64.2 Å². The molecule has 0 aliphatic carbocycles. The lowest BCUT2D eigenvalue weighted by molar-refractivity contribution is -0.151. The molecule has 0 bridgehead atoms. The zero-order chi connectivity index (χ0) is 22.2. The summed E-state index contributed by atoms with van der Waals surface area (Å²) < 4.78 is 5.57. The number of carbonyl (C=O) groups excluding carboxylic acids is 3. The molecule has 4 unspecified atom stereocenters. The SMILES string of the molecule is CCC1(C)CC2(NC(=O)NC2=O)C(C)C(C)(CC)N1CCOC(=O)c1ccccc1. The Hall–Kier alpha value is -2.41. The Labute approximate surface area is 178 Å². The predicted molar refractivity (Wildman–Crippen MR) is 114 cm³/mol. The summed E-state index contributed by atoms with van der Waals surface area (Å²) in [5.41, 5.74) is -1.10. The van der Waals surface area contributed by atoms with Crippen LogP contribution in [0, 0.1) is 5.92 Å². The van der Waals surface area contributed by atoms with Gasteiger partial charge in [0.25, 0.3) is 5.91 Å². The van der Waals surface area contributed by atoms with Crippen molar-refractivity contribution in [2.75, 3.05) is 13.2 Å². The number of amides is 3. The highest BCUT2D eigenvalue weighted by Crippen LogP contribution is 2.50. The Balaban J connectivity index is 1.83. The molecular formula is C23H33N3O4. The molecule has 7 heteroatoms. The van der Waals surface area contributed by atoms with Crippen LogP contribution in [0.2, 0.25) is 0 Å². The fourth-order valence-electron chi connectivity index (χ4n) is 5.39. The Bertz CT molecular complexity index is 829. The van der Waals surface area contributed by atoms with Crippen molar-refractivity contribution in [1.82, 2.24) is 15.5 Å². The normalized spacial score (nSPS) is 34.0. The van der Waals surface area contributed by atoms with E-state index in [9.17, 15) is 14.4 Å². The number of hydrogen-bond acceptors (Lipinski definition) is 5. The van der Waals surface area contributed by atoms with Gasteiger partial charge in [-0.25, -0.2) is 9.59 Å². The van der Waals surface area contributed by atoms with Crippen molar-refractivity contribution in [3.8, 4) is 0 Å². The van der Waals surface area contributed by atoms with Crippen LogP contribution >= 0.6 is 0 Å². The number of imide groups is 1. The minimum absolute atomic E-state index is 0.120. The summed E-state index contributed by atoms with van der Waals surface area (Å²) in [6.45, 7) is 11.3. The molecule has 1 aromatic carbocycles. The van der Waals surface area contributed by atoms with Crippen LogP contribution in [-0.2, 0) is 9.53 Å². The van der Waals surface area contributed by atoms with Gasteiger partial charge >= 0.3 is 12.0 Å². The van der Waals surface area contributed by atoms with E-state index in [0.29, 0.717) is 18.5 Å². The smallest absolute Gasteiger partial charge is 0.338 e. The largest absolute Gasteiger partial charge is 0.461 e. The number of piperidine rings is 1. The van der Waals surface area contributed by atoms with Gasteiger partial charge in [0.05, 0.1) is 5.56 Å². The lowest BCUT2D eigenvalue weighted by Crippen LogP contribution is -2.75. The molecule has 2 aliphatic heterocycles. The maximum absolute atomic E-state index is 12.9. The van der Waals surface area contributed by atoms with Crippen molar-refractivity contribution in [3.05, 3.63) is 35.9 Å². The minimum atomic E-state index is -0.927. The topological polar surface area (TPSA) is 87.7 Å². The van der Waals surface area contributed by atoms with Gasteiger partial charge in [0.2, 0.25) is 0 Å². The van der Waals surface area contributed by atoms with Crippen LogP contribution in [0.25, 0.3) is 0 Å². The van der Waals surface area contributed by atoms with E-state index in [-0.39, 0.29) is 35.5 Å². The third-order valence-corrected chi connectivity index (χ3v) is 7.60. The maximum atomic E-state index is 12.9. The summed E-state index contributed by atoms with van der Waals surface area (Å²) in [6, 6.07) is 8.54. The van der Waals surface area contributed by atoms with Crippen LogP contribution in [0.15, 0.2) is 30.3 Å². The molecule has 2 N–H and O–H groups in total. The average Bonchev–Trinajstić information content (AvgIpc) is 3.02. The second-order valence-electron chi connectivity index (χ2n) is 8.99. The lowest BCUT2D eigenvalue weighted by atomic mass is 9.60. The number of urea groups is 1. The summed E-state index contributed by atoms with van der Waals surface area (Å²) in [5.74, 6) is -0.698. The maximum Gasteiger partial charge on any atom is 0.338 e. The average molecular weight is 416 g/mol. The summed E-state index contributed by atoms with van der Waals surface area (Å²) >= 11 is 0. The molecule has 30 heavy (non-hydrogen) atoms. The summed E-state index contributed by atoms with van der Waals surface area (Å²) in [4.78, 5) is 39.6. The highest BCUT2D eigenvalue weighted by atomic mass is 16.5. The van der Waals surface area contributed by atoms with Gasteiger partial charge in [0.15, 0.2) is 0 Å². The molecule has 4 atom stereocenters. The number of likely N-dealkylation sites (tertiary alicyclic amines) is 1. The molecule has 0 radical (unpaired) electrons. The van der Waals surface area contributed by atoms with Crippen molar-refractivity contribution >= 4 is 17.9 Å². The zero-order valence-corrected chi connectivity index (χ0v) is 18.6. The monoisotopic (exact) mass is 415 g/mol. The van der Waals surface area contributed by atoms with E-state index < -0.39 is 11.6 Å². The lowest BCUT2D eigenvalue weighted by Gasteiger charge is -2.63. The number of hydrogen-bond donors (Lipinski definition) is 2. The molecule has 3 rings (SSSR count). The van der Waals surface area contributed by atoms with Crippen LogP contribution in [0.5, 0.6) is 0 Å². The molecule has 1 spiro atoms. The van der Waals surface area contributed by atoms with Gasteiger partial charge in [0.1, 0.15) is 12.1 Å². The van der Waals surface area contributed by atoms with E-state index in [2.05, 4.69) is 43.2 Å². The first-order chi connectivity index (χ1) is 14.1. The van der Waals surface area contributed by atoms with Gasteiger partial charge in [-0.3, -0.25) is 15.0 Å². The highest BCUT2D eigenvalue weighted by Gasteiger charge is 2.64.